The first-order chi connectivity index (χ1) is 35.0. The molecule has 0 fully saturated rings. The molecule has 0 bridgehead atoms. The summed E-state index contributed by atoms with van der Waals surface area (Å²) in [6.45, 7) is 4.93. The number of amides is 1. The largest absolute Gasteiger partial charge is 0.466 e. The first-order valence-corrected chi connectivity index (χ1v) is 32.1. The van der Waals surface area contributed by atoms with Crippen molar-refractivity contribution >= 4 is 11.9 Å². The smallest absolute Gasteiger partial charge is 0.305 e. The number of carbonyl (C=O) groups is 2. The van der Waals surface area contributed by atoms with Crippen LogP contribution in [-0.2, 0) is 14.3 Å². The van der Waals surface area contributed by atoms with E-state index >= 15 is 0 Å². The van der Waals surface area contributed by atoms with E-state index in [1.54, 1.807) is 0 Å². The van der Waals surface area contributed by atoms with Crippen LogP contribution in [0.2, 0.25) is 0 Å². The number of aliphatic hydroxyl groups is 2. The third kappa shape index (κ3) is 57.5. The Morgan fingerprint density at radius 2 is 0.704 bits per heavy atom. The van der Waals surface area contributed by atoms with Gasteiger partial charge in [0.25, 0.3) is 0 Å². The number of hydrogen-bond donors (Lipinski definition) is 3. The van der Waals surface area contributed by atoms with Crippen molar-refractivity contribution in [2.45, 2.75) is 366 Å². The summed E-state index contributed by atoms with van der Waals surface area (Å²) in [6.07, 6.45) is 74.7. The van der Waals surface area contributed by atoms with E-state index in [1.807, 2.05) is 0 Å². The van der Waals surface area contributed by atoms with Gasteiger partial charge in [-0.3, -0.25) is 9.59 Å². The van der Waals surface area contributed by atoms with Gasteiger partial charge in [0.05, 0.1) is 25.4 Å². The van der Waals surface area contributed by atoms with E-state index < -0.39 is 12.1 Å². The summed E-state index contributed by atoms with van der Waals surface area (Å²) in [7, 11) is 0. The molecular formula is C65H125NO5. The second kappa shape index (κ2) is 60.9. The highest BCUT2D eigenvalue weighted by atomic mass is 16.5. The van der Waals surface area contributed by atoms with Crippen molar-refractivity contribution in [3.8, 4) is 0 Å². The lowest BCUT2D eigenvalue weighted by Crippen LogP contribution is -2.45. The average molecular weight is 1000 g/mol. The van der Waals surface area contributed by atoms with Crippen molar-refractivity contribution in [1.29, 1.82) is 0 Å². The Bertz CT molecular complexity index is 1110. The molecule has 0 radical (unpaired) electrons. The number of nitrogens with one attached hydrogen (secondary N) is 1. The van der Waals surface area contributed by atoms with Gasteiger partial charge in [0.15, 0.2) is 0 Å². The monoisotopic (exact) mass is 1000 g/mol. The first-order valence-electron chi connectivity index (χ1n) is 32.1. The summed E-state index contributed by atoms with van der Waals surface area (Å²) in [6, 6.07) is -0.555. The Labute approximate surface area is 443 Å². The summed E-state index contributed by atoms with van der Waals surface area (Å²) < 4.78 is 5.48. The number of hydrogen-bond acceptors (Lipinski definition) is 5. The molecule has 0 aromatic heterocycles. The molecule has 420 valence electrons. The van der Waals surface area contributed by atoms with Crippen molar-refractivity contribution in [3.05, 3.63) is 24.3 Å². The van der Waals surface area contributed by atoms with Crippen LogP contribution < -0.4 is 5.32 Å². The fraction of sp³-hybridized carbons (Fsp3) is 0.908. The van der Waals surface area contributed by atoms with Crippen molar-refractivity contribution in [2.75, 3.05) is 13.2 Å². The van der Waals surface area contributed by atoms with E-state index in [-0.39, 0.29) is 18.5 Å². The Kier molecular flexibility index (Phi) is 59.5. The van der Waals surface area contributed by atoms with Gasteiger partial charge in [-0.25, -0.2) is 0 Å². The molecule has 0 saturated heterocycles. The molecule has 2 atom stereocenters. The van der Waals surface area contributed by atoms with Crippen LogP contribution in [0.3, 0.4) is 0 Å². The molecule has 71 heavy (non-hydrogen) atoms. The van der Waals surface area contributed by atoms with Gasteiger partial charge in [-0.05, 0) is 57.8 Å². The van der Waals surface area contributed by atoms with E-state index in [2.05, 4.69) is 43.5 Å². The van der Waals surface area contributed by atoms with Crippen LogP contribution in [0.4, 0.5) is 0 Å². The maximum Gasteiger partial charge on any atom is 0.305 e. The van der Waals surface area contributed by atoms with E-state index in [4.69, 9.17) is 4.74 Å². The Hall–Kier alpha value is -1.66. The van der Waals surface area contributed by atoms with Crippen LogP contribution in [0.15, 0.2) is 24.3 Å². The number of carbonyl (C=O) groups excluding carboxylic acids is 2. The Balaban J connectivity index is 3.44. The molecule has 0 aliphatic heterocycles. The van der Waals surface area contributed by atoms with Gasteiger partial charge in [0.2, 0.25) is 5.91 Å². The summed E-state index contributed by atoms with van der Waals surface area (Å²) in [5.74, 6) is -0.0623. The minimum absolute atomic E-state index is 0.0153. The van der Waals surface area contributed by atoms with E-state index in [0.717, 1.165) is 64.2 Å². The number of allylic oxidation sites excluding steroid dienone is 4. The molecule has 0 saturated carbocycles. The minimum atomic E-state index is -0.677. The number of unbranched alkanes of at least 4 members (excludes halogenated alkanes) is 45. The number of aliphatic hydroxyl groups excluding tert-OH is 2. The van der Waals surface area contributed by atoms with Crippen molar-refractivity contribution in [3.63, 3.8) is 0 Å². The minimum Gasteiger partial charge on any atom is -0.466 e. The van der Waals surface area contributed by atoms with Gasteiger partial charge in [0, 0.05) is 12.8 Å². The number of rotatable bonds is 60. The standard InChI is InChI=1S/C65H125NO5/c1-3-5-7-9-11-13-15-17-19-21-23-24-25-26-27-28-29-31-33-37-41-45-49-53-57-63(68)62(61-67)66-64(69)58-54-50-46-42-38-35-36-40-44-48-52-56-60-71-65(70)59-55-51-47-43-39-34-32-30-22-20-18-16-14-12-10-8-6-4-2/h14,16,20,22,62-63,67-68H,3-13,15,17-19,21,23-61H2,1-2H3,(H,66,69)/b16-14-,22-20-. The van der Waals surface area contributed by atoms with Gasteiger partial charge in [0.1, 0.15) is 0 Å². The van der Waals surface area contributed by atoms with Crippen LogP contribution in [-0.4, -0.2) is 47.4 Å². The lowest BCUT2D eigenvalue weighted by atomic mass is 10.0. The highest BCUT2D eigenvalue weighted by Crippen LogP contribution is 2.18. The van der Waals surface area contributed by atoms with Gasteiger partial charge < -0.3 is 20.3 Å². The second-order valence-electron chi connectivity index (χ2n) is 22.1. The van der Waals surface area contributed by atoms with Crippen LogP contribution >= 0.6 is 0 Å². The normalized spacial score (nSPS) is 12.7. The van der Waals surface area contributed by atoms with Crippen molar-refractivity contribution < 1.29 is 24.5 Å². The second-order valence-corrected chi connectivity index (χ2v) is 22.1. The number of esters is 1. The molecule has 0 aliphatic carbocycles. The quantitative estimate of drug-likeness (QED) is 0.0320. The van der Waals surface area contributed by atoms with Gasteiger partial charge in [-0.2, -0.15) is 0 Å². The zero-order chi connectivity index (χ0) is 51.4. The fourth-order valence-electron chi connectivity index (χ4n) is 10.1. The molecule has 1 amide bonds. The van der Waals surface area contributed by atoms with Crippen LogP contribution in [0.5, 0.6) is 0 Å². The van der Waals surface area contributed by atoms with Crippen LogP contribution in [0.1, 0.15) is 354 Å². The summed E-state index contributed by atoms with van der Waals surface area (Å²) in [5.41, 5.74) is 0. The highest BCUT2D eigenvalue weighted by Gasteiger charge is 2.20. The first kappa shape index (κ1) is 69.3. The molecular weight excluding hydrogens is 875 g/mol. The molecule has 3 N–H and O–H groups in total. The number of ether oxygens (including phenoxy) is 1. The van der Waals surface area contributed by atoms with E-state index in [0.29, 0.717) is 25.9 Å². The topological polar surface area (TPSA) is 95.9 Å². The maximum atomic E-state index is 12.5. The zero-order valence-electron chi connectivity index (χ0n) is 48.0. The maximum absolute atomic E-state index is 12.5. The summed E-state index contributed by atoms with van der Waals surface area (Å²) in [4.78, 5) is 24.6. The Morgan fingerprint density at radius 1 is 0.394 bits per heavy atom. The van der Waals surface area contributed by atoms with Crippen LogP contribution in [0, 0.1) is 0 Å². The van der Waals surface area contributed by atoms with E-state index in [1.165, 1.54) is 257 Å². The average Bonchev–Trinajstić information content (AvgIpc) is 3.37. The molecule has 0 aromatic rings. The van der Waals surface area contributed by atoms with Crippen molar-refractivity contribution in [1.82, 2.24) is 5.32 Å². The van der Waals surface area contributed by atoms with Gasteiger partial charge >= 0.3 is 5.97 Å². The SMILES string of the molecule is CCCCCC/C=C\C/C=C\CCCCCCCCCC(=O)OCCCCCCCCCCCCCCC(=O)NC(CO)C(O)CCCCCCCCCCCCCCCCCCCCCCCCCC. The molecule has 6 nitrogen and oxygen atoms in total. The predicted molar refractivity (Wildman–Crippen MR) is 310 cm³/mol. The molecule has 0 aromatic carbocycles. The lowest BCUT2D eigenvalue weighted by molar-refractivity contribution is -0.143. The zero-order valence-corrected chi connectivity index (χ0v) is 48.0. The molecule has 0 rings (SSSR count). The third-order valence-corrected chi connectivity index (χ3v) is 15.0. The molecule has 0 spiro atoms. The fourth-order valence-corrected chi connectivity index (χ4v) is 10.1. The van der Waals surface area contributed by atoms with Crippen LogP contribution in [0.25, 0.3) is 0 Å². The molecule has 0 aliphatic rings. The van der Waals surface area contributed by atoms with Gasteiger partial charge in [-0.15, -0.1) is 0 Å². The lowest BCUT2D eigenvalue weighted by Gasteiger charge is -2.22. The molecule has 2 unspecified atom stereocenters. The van der Waals surface area contributed by atoms with Crippen molar-refractivity contribution in [2.24, 2.45) is 0 Å². The van der Waals surface area contributed by atoms with E-state index in [9.17, 15) is 19.8 Å². The molecule has 6 heteroatoms. The Morgan fingerprint density at radius 3 is 1.08 bits per heavy atom. The third-order valence-electron chi connectivity index (χ3n) is 15.0. The predicted octanol–water partition coefficient (Wildman–Crippen LogP) is 20.2. The summed E-state index contributed by atoms with van der Waals surface area (Å²) >= 11 is 0. The highest BCUT2D eigenvalue weighted by molar-refractivity contribution is 5.76. The van der Waals surface area contributed by atoms with Gasteiger partial charge in [-0.1, -0.05) is 308 Å². The molecule has 0 heterocycles. The summed E-state index contributed by atoms with van der Waals surface area (Å²) in [5, 5.41) is 23.4.